The van der Waals surface area contributed by atoms with E-state index in [4.69, 9.17) is 18.6 Å². The van der Waals surface area contributed by atoms with Crippen molar-refractivity contribution >= 4 is 17.5 Å². The zero-order valence-electron chi connectivity index (χ0n) is 19.4. The Morgan fingerprint density at radius 1 is 1.09 bits per heavy atom. The van der Waals surface area contributed by atoms with Gasteiger partial charge in [-0.3, -0.25) is 9.59 Å². The van der Waals surface area contributed by atoms with Gasteiger partial charge < -0.3 is 33.7 Å². The number of nitrogens with zero attached hydrogens (tertiary/aromatic N) is 2. The van der Waals surface area contributed by atoms with E-state index >= 15 is 0 Å². The number of methoxy groups -OCH3 is 1. The molecule has 0 radical (unpaired) electrons. The van der Waals surface area contributed by atoms with Crippen molar-refractivity contribution < 1.29 is 28.2 Å². The van der Waals surface area contributed by atoms with E-state index in [0.717, 1.165) is 11.3 Å². The predicted octanol–water partition coefficient (Wildman–Crippen LogP) is 3.29. The fourth-order valence-electron chi connectivity index (χ4n) is 4.31. The molecule has 0 bridgehead atoms. The lowest BCUT2D eigenvalue weighted by molar-refractivity contribution is -0.137. The highest BCUT2D eigenvalue weighted by molar-refractivity contribution is 6.01. The Labute approximate surface area is 203 Å². The number of hydrogen-bond acceptors (Lipinski definition) is 7. The quantitative estimate of drug-likeness (QED) is 0.558. The summed E-state index contributed by atoms with van der Waals surface area (Å²) in [5.41, 5.74) is 2.17. The van der Waals surface area contributed by atoms with Crippen LogP contribution in [-0.2, 0) is 16.1 Å². The molecule has 9 heteroatoms. The van der Waals surface area contributed by atoms with Crippen LogP contribution in [0.15, 0.2) is 65.3 Å². The topological polar surface area (TPSA) is 93.5 Å². The average molecular weight is 478 g/mol. The minimum absolute atomic E-state index is 0.0894. The van der Waals surface area contributed by atoms with Crippen molar-refractivity contribution in [2.45, 2.75) is 12.7 Å². The van der Waals surface area contributed by atoms with Gasteiger partial charge in [0.25, 0.3) is 11.8 Å². The maximum atomic E-state index is 13.4. The third-order valence-electron chi connectivity index (χ3n) is 6.15. The van der Waals surface area contributed by atoms with Crippen molar-refractivity contribution in [2.24, 2.45) is 0 Å². The van der Waals surface area contributed by atoms with Crippen LogP contribution < -0.4 is 14.8 Å². The van der Waals surface area contributed by atoms with Crippen molar-refractivity contribution in [2.75, 3.05) is 45.3 Å². The Morgan fingerprint density at radius 2 is 1.91 bits per heavy atom. The van der Waals surface area contributed by atoms with E-state index in [9.17, 15) is 9.59 Å². The van der Waals surface area contributed by atoms with Crippen molar-refractivity contribution in [3.05, 3.63) is 77.7 Å². The summed E-state index contributed by atoms with van der Waals surface area (Å²) in [6.07, 6.45) is 1.13. The number of amides is 2. The Hall–Kier alpha value is -3.98. The van der Waals surface area contributed by atoms with E-state index in [0.29, 0.717) is 55.7 Å². The fraction of sp³-hybridized carbons (Fsp3) is 0.308. The van der Waals surface area contributed by atoms with Gasteiger partial charge in [0, 0.05) is 18.8 Å². The molecule has 35 heavy (non-hydrogen) atoms. The summed E-state index contributed by atoms with van der Waals surface area (Å²) in [5.74, 6) is 1.41. The number of carbonyl (C=O) groups excluding carboxylic acids is 2. The highest BCUT2D eigenvalue weighted by atomic mass is 16.5. The largest absolute Gasteiger partial charge is 0.493 e. The van der Waals surface area contributed by atoms with Crippen LogP contribution in [0, 0.1) is 0 Å². The molecule has 2 aromatic carbocycles. The van der Waals surface area contributed by atoms with E-state index in [2.05, 4.69) is 5.32 Å². The Bertz CT molecular complexity index is 1190. The van der Waals surface area contributed by atoms with Gasteiger partial charge in [-0.2, -0.15) is 0 Å². The first-order chi connectivity index (χ1) is 17.1. The van der Waals surface area contributed by atoms with Gasteiger partial charge in [0.1, 0.15) is 11.9 Å². The number of carbonyl (C=O) groups is 2. The highest BCUT2D eigenvalue weighted by Crippen LogP contribution is 2.37. The van der Waals surface area contributed by atoms with Crippen LogP contribution >= 0.6 is 0 Å². The molecule has 1 fully saturated rings. The second-order valence-electron chi connectivity index (χ2n) is 8.30. The zero-order chi connectivity index (χ0) is 24.2. The average Bonchev–Trinajstić information content (AvgIpc) is 3.42. The molecule has 0 aliphatic carbocycles. The molecular weight excluding hydrogens is 450 g/mol. The minimum atomic E-state index is -0.458. The normalized spacial score (nSPS) is 17.5. The third-order valence-corrected chi connectivity index (χ3v) is 6.15. The first-order valence-electron chi connectivity index (χ1n) is 11.5. The number of hydrogen-bond donors (Lipinski definition) is 1. The number of fused-ring (bicyclic) bond motifs is 1. The standard InChI is InChI=1S/C26H27N3O6/c1-32-23-15-18(8-9-22(23)35-17-24(30)28-10-13-33-14-11-28)25-27-21-7-3-2-6-20(21)26(31)29(25)16-19-5-4-12-34-19/h2-9,12,15,25,27H,10-11,13-14,16-17H2,1H3/t25-/m0/s1. The number of benzene rings is 2. The summed E-state index contributed by atoms with van der Waals surface area (Å²) in [5, 5.41) is 3.46. The van der Waals surface area contributed by atoms with Crippen molar-refractivity contribution in [1.82, 2.24) is 9.80 Å². The number of anilines is 1. The lowest BCUT2D eigenvalue weighted by atomic mass is 10.0. The molecular formula is C26H27N3O6. The first-order valence-corrected chi connectivity index (χ1v) is 11.5. The molecule has 0 spiro atoms. The number of ether oxygens (including phenoxy) is 3. The molecule has 1 aromatic heterocycles. The molecule has 2 amide bonds. The zero-order valence-corrected chi connectivity index (χ0v) is 19.4. The van der Waals surface area contributed by atoms with Crippen LogP contribution in [0.5, 0.6) is 11.5 Å². The van der Waals surface area contributed by atoms with Crippen LogP contribution in [0.4, 0.5) is 5.69 Å². The fourth-order valence-corrected chi connectivity index (χ4v) is 4.31. The number of morpholine rings is 1. The second kappa shape index (κ2) is 10.1. The van der Waals surface area contributed by atoms with Crippen LogP contribution in [0.25, 0.3) is 0 Å². The molecule has 3 heterocycles. The minimum Gasteiger partial charge on any atom is -0.493 e. The van der Waals surface area contributed by atoms with Gasteiger partial charge in [0.05, 0.1) is 38.7 Å². The first kappa shape index (κ1) is 22.8. The Morgan fingerprint density at radius 3 is 2.69 bits per heavy atom. The van der Waals surface area contributed by atoms with E-state index in [1.54, 1.807) is 41.4 Å². The second-order valence-corrected chi connectivity index (χ2v) is 8.30. The number of furan rings is 1. The summed E-state index contributed by atoms with van der Waals surface area (Å²) in [6, 6.07) is 16.5. The maximum Gasteiger partial charge on any atom is 0.260 e. The van der Waals surface area contributed by atoms with Crippen LogP contribution in [0.1, 0.15) is 27.8 Å². The third kappa shape index (κ3) is 4.81. The van der Waals surface area contributed by atoms with Gasteiger partial charge in [-0.15, -0.1) is 0 Å². The molecule has 1 N–H and O–H groups in total. The molecule has 3 aromatic rings. The maximum absolute atomic E-state index is 13.4. The van der Waals surface area contributed by atoms with Crippen LogP contribution in [-0.4, -0.2) is 61.6 Å². The Balaban J connectivity index is 1.38. The van der Waals surface area contributed by atoms with Crippen LogP contribution in [0.2, 0.25) is 0 Å². The highest BCUT2D eigenvalue weighted by Gasteiger charge is 2.34. The van der Waals surface area contributed by atoms with E-state index in [1.807, 2.05) is 36.4 Å². The molecule has 1 atom stereocenters. The summed E-state index contributed by atoms with van der Waals surface area (Å²) >= 11 is 0. The molecule has 5 rings (SSSR count). The molecule has 0 unspecified atom stereocenters. The summed E-state index contributed by atoms with van der Waals surface area (Å²) in [4.78, 5) is 29.3. The Kier molecular flexibility index (Phi) is 6.58. The monoisotopic (exact) mass is 477 g/mol. The predicted molar refractivity (Wildman–Crippen MR) is 127 cm³/mol. The van der Waals surface area contributed by atoms with Gasteiger partial charge >= 0.3 is 0 Å². The van der Waals surface area contributed by atoms with Gasteiger partial charge in [0.15, 0.2) is 18.1 Å². The van der Waals surface area contributed by atoms with Gasteiger partial charge in [0.2, 0.25) is 0 Å². The number of rotatable bonds is 7. The smallest absolute Gasteiger partial charge is 0.260 e. The molecule has 1 saturated heterocycles. The van der Waals surface area contributed by atoms with Crippen molar-refractivity contribution in [3.63, 3.8) is 0 Å². The van der Waals surface area contributed by atoms with E-state index in [-0.39, 0.29) is 18.4 Å². The van der Waals surface area contributed by atoms with Gasteiger partial charge in [-0.25, -0.2) is 0 Å². The van der Waals surface area contributed by atoms with Gasteiger partial charge in [-0.05, 0) is 42.0 Å². The SMILES string of the molecule is COc1cc([C@H]2Nc3ccccc3C(=O)N2Cc2ccco2)ccc1OCC(=O)N1CCOCC1. The molecule has 0 saturated carbocycles. The summed E-state index contributed by atoms with van der Waals surface area (Å²) < 4.78 is 22.2. The summed E-state index contributed by atoms with van der Waals surface area (Å²) in [7, 11) is 1.55. The lowest BCUT2D eigenvalue weighted by Crippen LogP contribution is -2.43. The molecule has 2 aliphatic rings. The van der Waals surface area contributed by atoms with Crippen molar-refractivity contribution in [1.29, 1.82) is 0 Å². The molecule has 9 nitrogen and oxygen atoms in total. The lowest BCUT2D eigenvalue weighted by Gasteiger charge is -2.38. The molecule has 2 aliphatic heterocycles. The van der Waals surface area contributed by atoms with Gasteiger partial charge in [-0.1, -0.05) is 18.2 Å². The van der Waals surface area contributed by atoms with E-state index < -0.39 is 6.17 Å². The van der Waals surface area contributed by atoms with Crippen molar-refractivity contribution in [3.8, 4) is 11.5 Å². The van der Waals surface area contributed by atoms with E-state index in [1.165, 1.54) is 0 Å². The summed E-state index contributed by atoms with van der Waals surface area (Å²) in [6.45, 7) is 2.41. The molecule has 182 valence electrons. The number of nitrogens with one attached hydrogen (secondary N) is 1. The van der Waals surface area contributed by atoms with Crippen LogP contribution in [0.3, 0.4) is 0 Å². The number of para-hydroxylation sites is 1.